The maximum atomic E-state index is 11.3. The highest BCUT2D eigenvalue weighted by Crippen LogP contribution is 2.12. The Bertz CT molecular complexity index is 373. The number of nitrogens with one attached hydrogen (secondary N) is 2. The lowest BCUT2D eigenvalue weighted by atomic mass is 10.2. The van der Waals surface area contributed by atoms with Crippen molar-refractivity contribution < 1.29 is 9.53 Å². The molecule has 6 nitrogen and oxygen atoms in total. The van der Waals surface area contributed by atoms with Crippen molar-refractivity contribution in [3.8, 4) is 0 Å². The number of ether oxygens (including phenoxy) is 1. The smallest absolute Gasteiger partial charge is 0.407 e. The van der Waals surface area contributed by atoms with Crippen LogP contribution in [0, 0.1) is 6.92 Å². The number of carbonyl (C=O) groups excluding carboxylic acids is 1. The molecule has 0 unspecified atom stereocenters. The molecule has 1 amide bonds. The summed E-state index contributed by atoms with van der Waals surface area (Å²) in [5.41, 5.74) is -0.464. The summed E-state index contributed by atoms with van der Waals surface area (Å²) in [7, 11) is 0. The van der Waals surface area contributed by atoms with Gasteiger partial charge in [0.05, 0.1) is 0 Å². The van der Waals surface area contributed by atoms with E-state index in [-0.39, 0.29) is 0 Å². The summed E-state index contributed by atoms with van der Waals surface area (Å²) >= 11 is 1.48. The largest absolute Gasteiger partial charge is 0.444 e. The fourth-order valence-electron chi connectivity index (χ4n) is 1.02. The molecule has 0 aromatic carbocycles. The molecule has 1 aromatic rings. The topological polar surface area (TPSA) is 76.1 Å². The minimum absolute atomic E-state index is 0.409. The highest BCUT2D eigenvalue weighted by molar-refractivity contribution is 7.15. The van der Waals surface area contributed by atoms with Gasteiger partial charge in [0.1, 0.15) is 10.6 Å². The Morgan fingerprint density at radius 1 is 1.35 bits per heavy atom. The van der Waals surface area contributed by atoms with E-state index in [9.17, 15) is 4.79 Å². The van der Waals surface area contributed by atoms with Crippen molar-refractivity contribution >= 4 is 22.6 Å². The van der Waals surface area contributed by atoms with Gasteiger partial charge in [0.25, 0.3) is 0 Å². The van der Waals surface area contributed by atoms with Crippen LogP contribution in [0.4, 0.5) is 9.93 Å². The lowest BCUT2D eigenvalue weighted by Crippen LogP contribution is -2.34. The molecule has 0 radical (unpaired) electrons. The third-order valence-electron chi connectivity index (χ3n) is 1.60. The number of amides is 1. The normalized spacial score (nSPS) is 11.1. The number of rotatable bonds is 4. The quantitative estimate of drug-likeness (QED) is 0.805. The summed E-state index contributed by atoms with van der Waals surface area (Å²) < 4.78 is 5.09. The molecule has 2 N–H and O–H groups in total. The molecule has 0 bridgehead atoms. The van der Waals surface area contributed by atoms with E-state index in [0.717, 1.165) is 10.1 Å². The van der Waals surface area contributed by atoms with E-state index in [1.165, 1.54) is 11.3 Å². The Morgan fingerprint density at radius 3 is 2.59 bits per heavy atom. The standard InChI is InChI=1S/C10H18N4O2S/c1-7-13-14-8(17-7)11-5-6-12-9(15)16-10(2,3)4/h5-6H2,1-4H3,(H,11,14)(H,12,15). The van der Waals surface area contributed by atoms with Crippen LogP contribution in [-0.4, -0.2) is 35.0 Å². The molecule has 96 valence electrons. The fraction of sp³-hybridized carbons (Fsp3) is 0.700. The molecule has 1 aromatic heterocycles. The van der Waals surface area contributed by atoms with Gasteiger partial charge in [-0.2, -0.15) is 0 Å². The summed E-state index contributed by atoms with van der Waals surface area (Å²) in [5, 5.41) is 15.2. The molecule has 0 aliphatic rings. The first kappa shape index (κ1) is 13.7. The van der Waals surface area contributed by atoms with E-state index in [1.807, 2.05) is 27.7 Å². The molecular weight excluding hydrogens is 240 g/mol. The van der Waals surface area contributed by atoms with Crippen LogP contribution in [-0.2, 0) is 4.74 Å². The van der Waals surface area contributed by atoms with E-state index < -0.39 is 11.7 Å². The van der Waals surface area contributed by atoms with Crippen molar-refractivity contribution in [2.75, 3.05) is 18.4 Å². The Labute approximate surface area is 105 Å². The van der Waals surface area contributed by atoms with Crippen molar-refractivity contribution in [2.45, 2.75) is 33.3 Å². The first-order chi connectivity index (χ1) is 7.87. The van der Waals surface area contributed by atoms with E-state index in [1.54, 1.807) is 0 Å². The predicted molar refractivity (Wildman–Crippen MR) is 67.4 cm³/mol. The minimum Gasteiger partial charge on any atom is -0.444 e. The number of alkyl carbamates (subject to hydrolysis) is 1. The zero-order valence-electron chi connectivity index (χ0n) is 10.5. The molecule has 0 aliphatic heterocycles. The molecule has 0 fully saturated rings. The molecule has 1 rings (SSSR count). The van der Waals surface area contributed by atoms with Gasteiger partial charge in [-0.25, -0.2) is 4.79 Å². The van der Waals surface area contributed by atoms with Crippen molar-refractivity contribution in [2.24, 2.45) is 0 Å². The van der Waals surface area contributed by atoms with Crippen LogP contribution in [0.5, 0.6) is 0 Å². The second-order valence-electron chi connectivity index (χ2n) is 4.48. The maximum absolute atomic E-state index is 11.3. The average molecular weight is 258 g/mol. The second-order valence-corrected chi connectivity index (χ2v) is 5.66. The highest BCUT2D eigenvalue weighted by Gasteiger charge is 2.15. The molecule has 0 spiro atoms. The van der Waals surface area contributed by atoms with Crippen LogP contribution in [0.2, 0.25) is 0 Å². The third kappa shape index (κ3) is 6.06. The molecule has 17 heavy (non-hydrogen) atoms. The van der Waals surface area contributed by atoms with Crippen LogP contribution in [0.1, 0.15) is 25.8 Å². The van der Waals surface area contributed by atoms with Gasteiger partial charge >= 0.3 is 6.09 Å². The first-order valence-corrected chi connectivity index (χ1v) is 6.19. The van der Waals surface area contributed by atoms with Gasteiger partial charge in [0.2, 0.25) is 5.13 Å². The number of carbonyl (C=O) groups is 1. The molecule has 7 heteroatoms. The van der Waals surface area contributed by atoms with Gasteiger partial charge in [-0.15, -0.1) is 10.2 Å². The highest BCUT2D eigenvalue weighted by atomic mass is 32.1. The summed E-state index contributed by atoms with van der Waals surface area (Å²) in [5.74, 6) is 0. The summed E-state index contributed by atoms with van der Waals surface area (Å²) in [6.07, 6.45) is -0.409. The molecule has 1 heterocycles. The van der Waals surface area contributed by atoms with Crippen molar-refractivity contribution in [3.05, 3.63) is 5.01 Å². The first-order valence-electron chi connectivity index (χ1n) is 5.37. The Morgan fingerprint density at radius 2 is 2.06 bits per heavy atom. The summed E-state index contributed by atoms with van der Waals surface area (Å²) in [6, 6.07) is 0. The molecule has 0 saturated heterocycles. The van der Waals surface area contributed by atoms with Gasteiger partial charge in [-0.05, 0) is 27.7 Å². The third-order valence-corrected chi connectivity index (χ3v) is 2.39. The average Bonchev–Trinajstić information content (AvgIpc) is 2.56. The SMILES string of the molecule is Cc1nnc(NCCNC(=O)OC(C)(C)C)s1. The van der Waals surface area contributed by atoms with Gasteiger partial charge in [-0.3, -0.25) is 0 Å². The van der Waals surface area contributed by atoms with Crippen LogP contribution < -0.4 is 10.6 Å². The Balaban J connectivity index is 2.14. The zero-order valence-corrected chi connectivity index (χ0v) is 11.3. The van der Waals surface area contributed by atoms with E-state index >= 15 is 0 Å². The molecule has 0 saturated carbocycles. The molecular formula is C10H18N4O2S. The van der Waals surface area contributed by atoms with E-state index in [0.29, 0.717) is 13.1 Å². The predicted octanol–water partition coefficient (Wildman–Crippen LogP) is 1.78. The zero-order chi connectivity index (χ0) is 12.9. The Kier molecular flexibility index (Phi) is 4.68. The van der Waals surface area contributed by atoms with Crippen LogP contribution in [0.3, 0.4) is 0 Å². The van der Waals surface area contributed by atoms with Gasteiger partial charge in [0.15, 0.2) is 0 Å². The number of hydrogen-bond acceptors (Lipinski definition) is 6. The second kappa shape index (κ2) is 5.81. The number of nitrogens with zero attached hydrogens (tertiary/aromatic N) is 2. The number of aromatic nitrogens is 2. The van der Waals surface area contributed by atoms with Crippen LogP contribution >= 0.6 is 11.3 Å². The lowest BCUT2D eigenvalue weighted by Gasteiger charge is -2.19. The lowest BCUT2D eigenvalue weighted by molar-refractivity contribution is 0.0530. The minimum atomic E-state index is -0.464. The van der Waals surface area contributed by atoms with E-state index in [4.69, 9.17) is 4.74 Å². The maximum Gasteiger partial charge on any atom is 0.407 e. The molecule has 0 aliphatic carbocycles. The van der Waals surface area contributed by atoms with Crippen molar-refractivity contribution in [1.82, 2.24) is 15.5 Å². The number of hydrogen-bond donors (Lipinski definition) is 2. The van der Waals surface area contributed by atoms with Gasteiger partial charge in [0, 0.05) is 13.1 Å². The Hall–Kier alpha value is -1.37. The van der Waals surface area contributed by atoms with Crippen molar-refractivity contribution in [3.63, 3.8) is 0 Å². The van der Waals surface area contributed by atoms with E-state index in [2.05, 4.69) is 20.8 Å². The van der Waals surface area contributed by atoms with Crippen LogP contribution in [0.15, 0.2) is 0 Å². The number of aryl methyl sites for hydroxylation is 1. The monoisotopic (exact) mass is 258 g/mol. The summed E-state index contributed by atoms with van der Waals surface area (Å²) in [6.45, 7) is 8.45. The van der Waals surface area contributed by atoms with Crippen molar-refractivity contribution in [1.29, 1.82) is 0 Å². The summed E-state index contributed by atoms with van der Waals surface area (Å²) in [4.78, 5) is 11.3. The fourth-order valence-corrected chi connectivity index (χ4v) is 1.63. The molecule has 0 atom stereocenters. The van der Waals surface area contributed by atoms with Crippen LogP contribution in [0.25, 0.3) is 0 Å². The number of anilines is 1. The van der Waals surface area contributed by atoms with Gasteiger partial charge in [-0.1, -0.05) is 11.3 Å². The van der Waals surface area contributed by atoms with Gasteiger partial charge < -0.3 is 15.4 Å².